The third kappa shape index (κ3) is 6.93. The van der Waals surface area contributed by atoms with E-state index >= 15 is 0 Å². The number of nitrogens with zero attached hydrogens (tertiary/aromatic N) is 6. The van der Waals surface area contributed by atoms with Crippen molar-refractivity contribution < 1.29 is 50.5 Å². The molecule has 1 atom stereocenters. The Hall–Kier alpha value is -5.98. The van der Waals surface area contributed by atoms with Crippen molar-refractivity contribution in [3.05, 3.63) is 106 Å². The van der Waals surface area contributed by atoms with Crippen LogP contribution in [0.25, 0.3) is 16.9 Å². The van der Waals surface area contributed by atoms with E-state index in [0.29, 0.717) is 5.56 Å². The lowest BCUT2D eigenvalue weighted by molar-refractivity contribution is -0.708. The van der Waals surface area contributed by atoms with Gasteiger partial charge in [-0.25, -0.2) is 27.5 Å². The van der Waals surface area contributed by atoms with Crippen molar-refractivity contribution in [2.45, 2.75) is 30.5 Å². The lowest BCUT2D eigenvalue weighted by Crippen LogP contribution is -2.36. The number of carbonyl (C=O) groups is 3. The van der Waals surface area contributed by atoms with Crippen LogP contribution in [0, 0.1) is 12.1 Å². The van der Waals surface area contributed by atoms with Gasteiger partial charge in [0.2, 0.25) is 12.0 Å². The number of nitrogens with one attached hydrogen (secondary N) is 1. The fraction of sp³-hybridized carbons (Fsp3) is 0.226. The van der Waals surface area contributed by atoms with Gasteiger partial charge in [0, 0.05) is 12.0 Å². The van der Waals surface area contributed by atoms with E-state index in [1.165, 1.54) is 24.3 Å². The molecule has 0 bridgehead atoms. The number of halogens is 3. The van der Waals surface area contributed by atoms with Gasteiger partial charge in [-0.05, 0) is 49.4 Å². The van der Waals surface area contributed by atoms with Gasteiger partial charge in [0.05, 0.1) is 38.9 Å². The lowest BCUT2D eigenvalue weighted by Gasteiger charge is -2.15. The van der Waals surface area contributed by atoms with Crippen LogP contribution in [0.15, 0.2) is 89.0 Å². The highest BCUT2D eigenvalue weighted by atomic mass is 32.2. The van der Waals surface area contributed by atoms with Gasteiger partial charge in [0.25, 0.3) is 21.8 Å². The zero-order valence-corrected chi connectivity index (χ0v) is 26.7. The van der Waals surface area contributed by atoms with Gasteiger partial charge in [-0.15, -0.1) is 5.01 Å². The standard InChI is InChI=1S/C31H26F3N7O8S/c1-19-6-8-20(9-7-19)26-16-27(31(32,33)34)35-40(26)21-10-12-23(13-11-21)50(46,47)36-30(44)49-22-14-15-38(17-22)41(45)37-48-18-39-28(42)24-4-2-3-5-25(24)29(39)43/h2-13,16,22H,14-15,17-18H2,1H3,(H,36,44). The number of hydrogen-bond donors (Lipinski definition) is 1. The first-order valence-corrected chi connectivity index (χ1v) is 16.3. The number of carbonyl (C=O) groups excluding carboxylic acids is 3. The molecule has 1 unspecified atom stereocenters. The molecule has 3 heterocycles. The Bertz CT molecular complexity index is 2070. The molecule has 4 aromatic rings. The van der Waals surface area contributed by atoms with Crippen LogP contribution in [0.2, 0.25) is 0 Å². The molecular formula is C31H26F3N7O8S. The van der Waals surface area contributed by atoms with Gasteiger partial charge in [0.1, 0.15) is 12.6 Å². The van der Waals surface area contributed by atoms with Gasteiger partial charge in [-0.2, -0.15) is 18.3 Å². The van der Waals surface area contributed by atoms with Gasteiger partial charge in [-0.3, -0.25) is 9.59 Å². The quantitative estimate of drug-likeness (QED) is 0.113. The van der Waals surface area contributed by atoms with E-state index in [2.05, 4.69) is 10.4 Å². The first-order chi connectivity index (χ1) is 23.7. The Balaban J connectivity index is 1.04. The number of ether oxygens (including phenoxy) is 1. The normalized spacial score (nSPS) is 16.5. The third-order valence-corrected chi connectivity index (χ3v) is 9.12. The smallest absolute Gasteiger partial charge is 0.435 e. The molecule has 0 saturated carbocycles. The second-order valence-corrected chi connectivity index (χ2v) is 12.9. The van der Waals surface area contributed by atoms with Gasteiger partial charge < -0.3 is 14.8 Å². The molecule has 0 spiro atoms. The van der Waals surface area contributed by atoms with E-state index in [4.69, 9.17) is 9.57 Å². The van der Waals surface area contributed by atoms with Crippen molar-refractivity contribution in [1.82, 2.24) is 24.4 Å². The van der Waals surface area contributed by atoms with E-state index in [1.807, 2.05) is 6.92 Å². The van der Waals surface area contributed by atoms with Crippen molar-refractivity contribution >= 4 is 27.9 Å². The molecule has 19 heteroatoms. The molecule has 3 aromatic carbocycles. The highest BCUT2D eigenvalue weighted by Crippen LogP contribution is 2.33. The van der Waals surface area contributed by atoms with E-state index in [1.54, 1.807) is 41.1 Å². The van der Waals surface area contributed by atoms with E-state index in [9.17, 15) is 41.2 Å². The maximum absolute atomic E-state index is 13.5. The Morgan fingerprint density at radius 3 is 2.30 bits per heavy atom. The van der Waals surface area contributed by atoms with Crippen LogP contribution in [0.3, 0.4) is 0 Å². The van der Waals surface area contributed by atoms with Crippen molar-refractivity contribution in [2.75, 3.05) is 19.8 Å². The Labute approximate surface area is 281 Å². The second kappa shape index (κ2) is 13.1. The molecule has 0 radical (unpaired) electrons. The van der Waals surface area contributed by atoms with E-state index < -0.39 is 52.6 Å². The summed E-state index contributed by atoms with van der Waals surface area (Å²) in [5, 5.41) is 20.5. The number of rotatable bonds is 9. The van der Waals surface area contributed by atoms with Crippen molar-refractivity contribution in [1.29, 1.82) is 0 Å². The molecule has 15 nitrogen and oxygen atoms in total. The number of alkyl halides is 3. The average molecular weight is 714 g/mol. The molecule has 1 fully saturated rings. The Kier molecular flexibility index (Phi) is 8.91. The summed E-state index contributed by atoms with van der Waals surface area (Å²) in [6, 6.07) is 18.5. The van der Waals surface area contributed by atoms with Crippen LogP contribution in [-0.4, -0.2) is 76.9 Å². The molecule has 1 aromatic heterocycles. The maximum atomic E-state index is 13.5. The summed E-state index contributed by atoms with van der Waals surface area (Å²) in [6.07, 6.45) is -6.85. The third-order valence-electron chi connectivity index (χ3n) is 7.79. The van der Waals surface area contributed by atoms with Gasteiger partial charge in [0.15, 0.2) is 5.69 Å². The van der Waals surface area contributed by atoms with Gasteiger partial charge in [-0.1, -0.05) is 42.0 Å². The summed E-state index contributed by atoms with van der Waals surface area (Å²) in [5.74, 6) is -1.20. The summed E-state index contributed by atoms with van der Waals surface area (Å²) < 4.78 is 74.4. The lowest BCUT2D eigenvalue weighted by atomic mass is 10.1. The molecule has 1 N–H and O–H groups in total. The minimum Gasteiger partial charge on any atom is -0.569 e. The molecule has 260 valence electrons. The number of hydrazine groups is 1. The largest absolute Gasteiger partial charge is 0.569 e. The SMILES string of the molecule is Cc1ccc(-c2cc(C(F)(F)F)nn2-c2ccc(S(=O)(=O)NC(=O)OC3CCN([N+]([O-])=NOCN4C(=O)c5ccccc5C4=O)C3)cc2)cc1. The minimum atomic E-state index is -4.73. The molecular weight excluding hydrogens is 687 g/mol. The fourth-order valence-electron chi connectivity index (χ4n) is 5.26. The molecule has 0 aliphatic carbocycles. The molecule has 1 saturated heterocycles. The van der Waals surface area contributed by atoms with Crippen LogP contribution in [0.5, 0.6) is 0 Å². The average Bonchev–Trinajstić information content (AvgIpc) is 3.79. The van der Waals surface area contributed by atoms with Crippen LogP contribution in [0.1, 0.15) is 38.4 Å². The number of benzene rings is 3. The molecule has 50 heavy (non-hydrogen) atoms. The summed E-state index contributed by atoms with van der Waals surface area (Å²) >= 11 is 0. The summed E-state index contributed by atoms with van der Waals surface area (Å²) in [4.78, 5) is 42.6. The monoisotopic (exact) mass is 713 g/mol. The molecule has 2 aliphatic heterocycles. The van der Waals surface area contributed by atoms with Crippen LogP contribution < -0.4 is 4.72 Å². The van der Waals surface area contributed by atoms with E-state index in [-0.39, 0.29) is 51.9 Å². The zero-order chi connectivity index (χ0) is 35.8. The molecule has 2 aliphatic rings. The minimum absolute atomic E-state index is 0.0452. The summed E-state index contributed by atoms with van der Waals surface area (Å²) in [6.45, 7) is 1.07. The summed E-state index contributed by atoms with van der Waals surface area (Å²) in [5.41, 5.74) is 0.857. The van der Waals surface area contributed by atoms with Crippen molar-refractivity contribution in [3.8, 4) is 16.9 Å². The second-order valence-electron chi connectivity index (χ2n) is 11.2. The highest BCUT2D eigenvalue weighted by Gasteiger charge is 2.37. The number of aromatic nitrogens is 2. The number of aryl methyl sites for hydroxylation is 1. The molecule has 6 rings (SSSR count). The van der Waals surface area contributed by atoms with Gasteiger partial charge >= 0.3 is 12.3 Å². The topological polar surface area (TPSA) is 179 Å². The number of fused-ring (bicyclic) bond motifs is 1. The first kappa shape index (κ1) is 33.9. The molecule has 3 amide bonds. The van der Waals surface area contributed by atoms with Crippen LogP contribution >= 0.6 is 0 Å². The highest BCUT2D eigenvalue weighted by molar-refractivity contribution is 7.90. The number of sulfonamides is 1. The maximum Gasteiger partial charge on any atom is 0.435 e. The van der Waals surface area contributed by atoms with E-state index in [0.717, 1.165) is 38.4 Å². The Morgan fingerprint density at radius 2 is 1.68 bits per heavy atom. The van der Waals surface area contributed by atoms with Crippen molar-refractivity contribution in [3.63, 3.8) is 0 Å². The zero-order valence-electron chi connectivity index (χ0n) is 25.9. The Morgan fingerprint density at radius 1 is 1.04 bits per heavy atom. The van der Waals surface area contributed by atoms with Crippen molar-refractivity contribution in [2.24, 2.45) is 5.28 Å². The number of amides is 3. The first-order valence-electron chi connectivity index (χ1n) is 14.8. The predicted octanol–water partition coefficient (Wildman–Crippen LogP) is 4.42. The van der Waals surface area contributed by atoms with Crippen LogP contribution in [0.4, 0.5) is 18.0 Å². The number of imide groups is 1. The predicted molar refractivity (Wildman–Crippen MR) is 164 cm³/mol. The summed E-state index contributed by atoms with van der Waals surface area (Å²) in [7, 11) is -4.48. The van der Waals surface area contributed by atoms with Crippen LogP contribution in [-0.2, 0) is 25.8 Å². The number of hydrogen-bond acceptors (Lipinski definition) is 10. The fourth-order valence-corrected chi connectivity index (χ4v) is 6.14.